The summed E-state index contributed by atoms with van der Waals surface area (Å²) in [4.78, 5) is 16.9. The predicted octanol–water partition coefficient (Wildman–Crippen LogP) is 6.22. The Labute approximate surface area is 250 Å². The fourth-order valence-corrected chi connectivity index (χ4v) is 7.43. The summed E-state index contributed by atoms with van der Waals surface area (Å²) in [6.45, 7) is 11.4. The maximum atomic E-state index is 14.2. The largest absolute Gasteiger partial charge is 0.480 e. The highest BCUT2D eigenvalue weighted by molar-refractivity contribution is 5.73. The standard InChI is InChI=1S/C35H47FN4O2/c1-4-17-40-34(29(21-37-40)14-13-26-9-6-5-7-10-26)27-15-18-38(19-16-27)22-30-23-39(33(25(2)3)35(41)42)24-32(30)28-11-8-12-31(36)20-28/h5-12,20-21,25,27,30,32-33H,4,13-19,22-24H2,1-3H3,(H,41,42)/t30-,32+,33+/m0/s1. The number of likely N-dealkylation sites (tertiary alicyclic amines) is 2. The predicted molar refractivity (Wildman–Crippen MR) is 165 cm³/mol. The molecule has 42 heavy (non-hydrogen) atoms. The van der Waals surface area contributed by atoms with Gasteiger partial charge in [-0.1, -0.05) is 63.2 Å². The van der Waals surface area contributed by atoms with E-state index in [1.165, 1.54) is 22.9 Å². The van der Waals surface area contributed by atoms with Crippen molar-refractivity contribution >= 4 is 5.97 Å². The number of aryl methyl sites for hydroxylation is 3. The molecule has 0 spiro atoms. The molecule has 1 aromatic heterocycles. The zero-order chi connectivity index (χ0) is 29.6. The number of nitrogens with zero attached hydrogens (tertiary/aromatic N) is 4. The number of hydrogen-bond acceptors (Lipinski definition) is 4. The van der Waals surface area contributed by atoms with E-state index in [0.29, 0.717) is 12.5 Å². The zero-order valence-electron chi connectivity index (χ0n) is 25.5. The van der Waals surface area contributed by atoms with Gasteiger partial charge in [-0.15, -0.1) is 0 Å². The molecule has 2 aliphatic heterocycles. The van der Waals surface area contributed by atoms with E-state index in [2.05, 4.69) is 57.9 Å². The van der Waals surface area contributed by atoms with Crippen molar-refractivity contribution in [3.05, 3.63) is 89.0 Å². The van der Waals surface area contributed by atoms with Gasteiger partial charge in [-0.25, -0.2) is 4.39 Å². The molecule has 3 heterocycles. The van der Waals surface area contributed by atoms with E-state index in [4.69, 9.17) is 5.10 Å². The van der Waals surface area contributed by atoms with Gasteiger partial charge in [0, 0.05) is 43.7 Å². The van der Waals surface area contributed by atoms with Crippen molar-refractivity contribution in [1.29, 1.82) is 0 Å². The van der Waals surface area contributed by atoms with Gasteiger partial charge in [-0.05, 0) is 85.9 Å². The van der Waals surface area contributed by atoms with Crippen molar-refractivity contribution < 1.29 is 14.3 Å². The molecule has 3 atom stereocenters. The van der Waals surface area contributed by atoms with Crippen LogP contribution in [0.15, 0.2) is 60.8 Å². The number of halogens is 1. The van der Waals surface area contributed by atoms with Crippen LogP contribution in [0.5, 0.6) is 0 Å². The van der Waals surface area contributed by atoms with Gasteiger partial charge in [0.25, 0.3) is 0 Å². The highest BCUT2D eigenvalue weighted by Crippen LogP contribution is 2.38. The molecule has 2 saturated heterocycles. The van der Waals surface area contributed by atoms with Crippen LogP contribution in [-0.4, -0.2) is 69.4 Å². The van der Waals surface area contributed by atoms with Crippen molar-refractivity contribution in [3.63, 3.8) is 0 Å². The second-order valence-corrected chi connectivity index (χ2v) is 12.7. The van der Waals surface area contributed by atoms with E-state index < -0.39 is 12.0 Å². The Balaban J connectivity index is 1.27. The number of hydrogen-bond donors (Lipinski definition) is 1. The second kappa shape index (κ2) is 14.0. The first-order chi connectivity index (χ1) is 20.3. The average molecular weight is 575 g/mol. The van der Waals surface area contributed by atoms with Crippen molar-refractivity contribution in [1.82, 2.24) is 19.6 Å². The molecule has 6 nitrogen and oxygen atoms in total. The zero-order valence-corrected chi connectivity index (χ0v) is 25.5. The van der Waals surface area contributed by atoms with Crippen LogP contribution in [0.2, 0.25) is 0 Å². The SMILES string of the molecule is CCCn1ncc(CCc2ccccc2)c1C1CCN(C[C@H]2CN([C@@H](C(=O)O)C(C)C)C[C@@H]2c2cccc(F)c2)CC1. The van der Waals surface area contributed by atoms with E-state index in [1.54, 1.807) is 12.1 Å². The quantitative estimate of drug-likeness (QED) is 0.278. The molecule has 2 aromatic carbocycles. The Morgan fingerprint density at radius 2 is 1.81 bits per heavy atom. The van der Waals surface area contributed by atoms with Crippen LogP contribution >= 0.6 is 0 Å². The minimum absolute atomic E-state index is 0.00853. The van der Waals surface area contributed by atoms with Gasteiger partial charge >= 0.3 is 5.97 Å². The summed E-state index contributed by atoms with van der Waals surface area (Å²) in [5, 5.41) is 14.8. The molecule has 7 heteroatoms. The van der Waals surface area contributed by atoms with Crippen molar-refractivity contribution in [2.24, 2.45) is 11.8 Å². The number of piperidine rings is 1. The summed E-state index contributed by atoms with van der Waals surface area (Å²) in [5.74, 6) is -0.107. The maximum Gasteiger partial charge on any atom is 0.321 e. The van der Waals surface area contributed by atoms with E-state index >= 15 is 0 Å². The summed E-state index contributed by atoms with van der Waals surface area (Å²) < 4.78 is 16.5. The number of rotatable bonds is 12. The first-order valence-corrected chi connectivity index (χ1v) is 15.9. The fraction of sp³-hybridized carbons (Fsp3) is 0.543. The van der Waals surface area contributed by atoms with Crippen LogP contribution in [0.25, 0.3) is 0 Å². The van der Waals surface area contributed by atoms with Gasteiger partial charge in [-0.3, -0.25) is 14.4 Å². The molecule has 0 unspecified atom stereocenters. The highest BCUT2D eigenvalue weighted by Gasteiger charge is 2.41. The summed E-state index contributed by atoms with van der Waals surface area (Å²) in [7, 11) is 0. The van der Waals surface area contributed by atoms with E-state index in [0.717, 1.165) is 70.4 Å². The van der Waals surface area contributed by atoms with E-state index in [9.17, 15) is 14.3 Å². The lowest BCUT2D eigenvalue weighted by Gasteiger charge is -2.35. The summed E-state index contributed by atoms with van der Waals surface area (Å²) in [6.07, 6.45) is 7.40. The lowest BCUT2D eigenvalue weighted by Crippen LogP contribution is -2.44. The van der Waals surface area contributed by atoms with Crippen molar-refractivity contribution in [2.75, 3.05) is 32.7 Å². The Morgan fingerprint density at radius 3 is 2.48 bits per heavy atom. The summed E-state index contributed by atoms with van der Waals surface area (Å²) in [5.41, 5.74) is 5.16. The molecule has 2 aliphatic rings. The van der Waals surface area contributed by atoms with Crippen LogP contribution in [0.4, 0.5) is 4.39 Å². The molecule has 0 aliphatic carbocycles. The topological polar surface area (TPSA) is 61.6 Å². The Kier molecular flexibility index (Phi) is 10.1. The fourth-order valence-electron chi connectivity index (χ4n) is 7.43. The van der Waals surface area contributed by atoms with Crippen LogP contribution in [0.1, 0.15) is 74.3 Å². The summed E-state index contributed by atoms with van der Waals surface area (Å²) >= 11 is 0. The summed E-state index contributed by atoms with van der Waals surface area (Å²) in [6, 6.07) is 17.1. The van der Waals surface area contributed by atoms with Gasteiger partial charge in [0.15, 0.2) is 0 Å². The highest BCUT2D eigenvalue weighted by atomic mass is 19.1. The molecule has 226 valence electrons. The molecule has 0 bridgehead atoms. The maximum absolute atomic E-state index is 14.2. The minimum atomic E-state index is -0.767. The third-order valence-corrected chi connectivity index (χ3v) is 9.41. The molecule has 2 fully saturated rings. The molecule has 5 rings (SSSR count). The van der Waals surface area contributed by atoms with E-state index in [-0.39, 0.29) is 23.6 Å². The average Bonchev–Trinajstić information content (AvgIpc) is 3.56. The van der Waals surface area contributed by atoms with Crippen LogP contribution in [0.3, 0.4) is 0 Å². The number of carboxylic acid groups (broad SMARTS) is 1. The normalized spacial score (nSPS) is 21.3. The second-order valence-electron chi connectivity index (χ2n) is 12.7. The molecular weight excluding hydrogens is 527 g/mol. The molecular formula is C35H47FN4O2. The van der Waals surface area contributed by atoms with E-state index in [1.807, 2.05) is 19.9 Å². The van der Waals surface area contributed by atoms with Crippen molar-refractivity contribution in [3.8, 4) is 0 Å². The minimum Gasteiger partial charge on any atom is -0.480 e. The first kappa shape index (κ1) is 30.4. The number of aliphatic carboxylic acids is 1. The van der Waals surface area contributed by atoms with Crippen LogP contribution in [0, 0.1) is 17.7 Å². The molecule has 0 radical (unpaired) electrons. The Bertz CT molecular complexity index is 1300. The van der Waals surface area contributed by atoms with Gasteiger partial charge in [-0.2, -0.15) is 5.10 Å². The number of carbonyl (C=O) groups is 1. The lowest BCUT2D eigenvalue weighted by molar-refractivity contribution is -0.144. The molecule has 1 N–H and O–H groups in total. The first-order valence-electron chi connectivity index (χ1n) is 15.9. The van der Waals surface area contributed by atoms with Crippen molar-refractivity contribution in [2.45, 2.75) is 77.3 Å². The lowest BCUT2D eigenvalue weighted by atomic mass is 9.86. The Morgan fingerprint density at radius 1 is 1.05 bits per heavy atom. The van der Waals surface area contributed by atoms with Crippen LogP contribution < -0.4 is 0 Å². The number of benzene rings is 2. The van der Waals surface area contributed by atoms with Gasteiger partial charge < -0.3 is 10.0 Å². The third kappa shape index (κ3) is 7.12. The molecule has 0 saturated carbocycles. The van der Waals surface area contributed by atoms with Gasteiger partial charge in [0.2, 0.25) is 0 Å². The Hall–Kier alpha value is -3.03. The number of carboxylic acids is 1. The molecule has 3 aromatic rings. The van der Waals surface area contributed by atoms with Gasteiger partial charge in [0.05, 0.1) is 6.20 Å². The number of aromatic nitrogens is 2. The van der Waals surface area contributed by atoms with Gasteiger partial charge in [0.1, 0.15) is 11.9 Å². The molecule has 0 amide bonds. The van der Waals surface area contributed by atoms with Crippen LogP contribution in [-0.2, 0) is 24.2 Å². The third-order valence-electron chi connectivity index (χ3n) is 9.41. The smallest absolute Gasteiger partial charge is 0.321 e. The monoisotopic (exact) mass is 574 g/mol.